The molecule has 1 aromatic heterocycles. The van der Waals surface area contributed by atoms with Crippen molar-refractivity contribution in [2.24, 2.45) is 12.8 Å². The summed E-state index contributed by atoms with van der Waals surface area (Å²) in [6.07, 6.45) is 5.16. The Balaban J connectivity index is 3.31. The Hall–Kier alpha value is -1.84. The summed E-state index contributed by atoms with van der Waals surface area (Å²) < 4.78 is 1.49. The molecule has 2 N–H and O–H groups in total. The molecule has 0 aliphatic carbocycles. The molecule has 74 valence electrons. The number of carbonyl (C=O) groups is 1. The van der Waals surface area contributed by atoms with E-state index in [0.717, 1.165) is 11.3 Å². The summed E-state index contributed by atoms with van der Waals surface area (Å²) in [6.45, 7) is 5.39. The van der Waals surface area contributed by atoms with Crippen molar-refractivity contribution in [3.8, 4) is 0 Å². The smallest absolute Gasteiger partial charge is 0.267 e. The Bertz CT molecular complexity index is 402. The molecule has 0 aliphatic rings. The fourth-order valence-electron chi connectivity index (χ4n) is 1.33. The monoisotopic (exact) mass is 191 g/mol. The molecule has 0 aliphatic heterocycles. The van der Waals surface area contributed by atoms with Crippen LogP contribution in [-0.4, -0.2) is 15.7 Å². The quantitative estimate of drug-likeness (QED) is 0.725. The van der Waals surface area contributed by atoms with Crippen LogP contribution in [0.4, 0.5) is 0 Å². The van der Waals surface area contributed by atoms with E-state index in [2.05, 4.69) is 11.7 Å². The predicted molar refractivity (Wildman–Crippen MR) is 55.7 cm³/mol. The van der Waals surface area contributed by atoms with E-state index in [-0.39, 0.29) is 0 Å². The number of allylic oxidation sites excluding steroid dienone is 2. The average molecular weight is 191 g/mol. The first-order valence-corrected chi connectivity index (χ1v) is 4.20. The Morgan fingerprint density at radius 1 is 1.64 bits per heavy atom. The minimum Gasteiger partial charge on any atom is -0.364 e. The number of rotatable bonds is 3. The second-order valence-electron chi connectivity index (χ2n) is 2.93. The van der Waals surface area contributed by atoms with Crippen LogP contribution in [0.1, 0.15) is 21.7 Å². The molecule has 1 rings (SSSR count). The van der Waals surface area contributed by atoms with Crippen LogP contribution < -0.4 is 5.73 Å². The zero-order valence-electron chi connectivity index (χ0n) is 8.32. The lowest BCUT2D eigenvalue weighted by molar-refractivity contribution is 0.0991. The highest BCUT2D eigenvalue weighted by atomic mass is 16.1. The number of aromatic nitrogens is 2. The van der Waals surface area contributed by atoms with Gasteiger partial charge in [-0.1, -0.05) is 24.8 Å². The lowest BCUT2D eigenvalue weighted by Crippen LogP contribution is -2.16. The Morgan fingerprint density at radius 2 is 2.29 bits per heavy atom. The SMILES string of the molecule is C=C/C=C\c1c(C)nn(C)c1C(N)=O. The lowest BCUT2D eigenvalue weighted by Gasteiger charge is -1.96. The van der Waals surface area contributed by atoms with Gasteiger partial charge in [-0.3, -0.25) is 9.48 Å². The number of nitrogens with zero attached hydrogens (tertiary/aromatic N) is 2. The number of aryl methyl sites for hydroxylation is 2. The predicted octanol–water partition coefficient (Wildman–Crippen LogP) is 1.03. The van der Waals surface area contributed by atoms with Crippen LogP contribution in [0.25, 0.3) is 6.08 Å². The number of carbonyl (C=O) groups excluding carboxylic acids is 1. The highest BCUT2D eigenvalue weighted by Gasteiger charge is 2.14. The fraction of sp³-hybridized carbons (Fsp3) is 0.200. The highest BCUT2D eigenvalue weighted by Crippen LogP contribution is 2.14. The van der Waals surface area contributed by atoms with Crippen LogP contribution >= 0.6 is 0 Å². The summed E-state index contributed by atoms with van der Waals surface area (Å²) in [4.78, 5) is 11.1. The fourth-order valence-corrected chi connectivity index (χ4v) is 1.33. The number of hydrogen-bond donors (Lipinski definition) is 1. The van der Waals surface area contributed by atoms with Gasteiger partial charge >= 0.3 is 0 Å². The standard InChI is InChI=1S/C10H13N3O/c1-4-5-6-8-7(2)12-13(3)9(8)10(11)14/h4-6H,1H2,2-3H3,(H2,11,14)/b6-5-. The summed E-state index contributed by atoms with van der Waals surface area (Å²) in [6, 6.07) is 0. The number of amides is 1. The molecule has 0 spiro atoms. The summed E-state index contributed by atoms with van der Waals surface area (Å²) in [5, 5.41) is 4.12. The zero-order chi connectivity index (χ0) is 10.7. The van der Waals surface area contributed by atoms with Crippen molar-refractivity contribution < 1.29 is 4.79 Å². The van der Waals surface area contributed by atoms with Crippen LogP contribution in [-0.2, 0) is 7.05 Å². The van der Waals surface area contributed by atoms with Gasteiger partial charge < -0.3 is 5.73 Å². The zero-order valence-corrected chi connectivity index (χ0v) is 8.32. The molecule has 4 nitrogen and oxygen atoms in total. The van der Waals surface area contributed by atoms with Gasteiger partial charge in [0.15, 0.2) is 0 Å². The second kappa shape index (κ2) is 3.91. The molecule has 0 radical (unpaired) electrons. The van der Waals surface area contributed by atoms with Crippen molar-refractivity contribution in [3.63, 3.8) is 0 Å². The van der Waals surface area contributed by atoms with Crippen molar-refractivity contribution in [1.29, 1.82) is 0 Å². The summed E-state index contributed by atoms with van der Waals surface area (Å²) in [7, 11) is 1.69. The van der Waals surface area contributed by atoms with E-state index < -0.39 is 5.91 Å². The first kappa shape index (κ1) is 10.2. The van der Waals surface area contributed by atoms with Crippen molar-refractivity contribution in [3.05, 3.63) is 35.7 Å². The van der Waals surface area contributed by atoms with Crippen LogP contribution in [0.5, 0.6) is 0 Å². The van der Waals surface area contributed by atoms with Gasteiger partial charge in [0, 0.05) is 12.6 Å². The van der Waals surface area contributed by atoms with E-state index >= 15 is 0 Å². The topological polar surface area (TPSA) is 60.9 Å². The number of primary amides is 1. The molecule has 0 fully saturated rings. The maximum absolute atomic E-state index is 11.1. The molecule has 1 aromatic rings. The van der Waals surface area contributed by atoms with Gasteiger partial charge in [0.05, 0.1) is 5.69 Å². The van der Waals surface area contributed by atoms with Crippen LogP contribution in [0.2, 0.25) is 0 Å². The average Bonchev–Trinajstić information content (AvgIpc) is 2.37. The molecule has 0 saturated carbocycles. The second-order valence-corrected chi connectivity index (χ2v) is 2.93. The third-order valence-electron chi connectivity index (χ3n) is 1.90. The van der Waals surface area contributed by atoms with Gasteiger partial charge in [-0.25, -0.2) is 0 Å². The van der Waals surface area contributed by atoms with E-state index in [9.17, 15) is 4.79 Å². The van der Waals surface area contributed by atoms with Crippen LogP contribution in [0.15, 0.2) is 18.7 Å². The van der Waals surface area contributed by atoms with Gasteiger partial charge in [-0.05, 0) is 6.92 Å². The Morgan fingerprint density at radius 3 is 2.79 bits per heavy atom. The van der Waals surface area contributed by atoms with Gasteiger partial charge in [0.2, 0.25) is 0 Å². The van der Waals surface area contributed by atoms with E-state index in [1.165, 1.54) is 4.68 Å². The Kier molecular flexibility index (Phi) is 2.86. The molecule has 0 bridgehead atoms. The molecular formula is C10H13N3O. The molecular weight excluding hydrogens is 178 g/mol. The first-order valence-electron chi connectivity index (χ1n) is 4.20. The maximum atomic E-state index is 11.1. The van der Waals surface area contributed by atoms with E-state index in [4.69, 9.17) is 5.73 Å². The van der Waals surface area contributed by atoms with E-state index in [0.29, 0.717) is 5.69 Å². The van der Waals surface area contributed by atoms with Gasteiger partial charge in [0.25, 0.3) is 5.91 Å². The summed E-state index contributed by atoms with van der Waals surface area (Å²) in [5.41, 5.74) is 7.19. The molecule has 4 heteroatoms. The maximum Gasteiger partial charge on any atom is 0.267 e. The Labute approximate surface area is 82.7 Å². The van der Waals surface area contributed by atoms with Crippen molar-refractivity contribution >= 4 is 12.0 Å². The van der Waals surface area contributed by atoms with E-state index in [1.54, 1.807) is 25.3 Å². The minimum absolute atomic E-state index is 0.417. The highest BCUT2D eigenvalue weighted by molar-refractivity contribution is 5.95. The lowest BCUT2D eigenvalue weighted by atomic mass is 10.1. The van der Waals surface area contributed by atoms with E-state index in [1.807, 2.05) is 6.92 Å². The molecule has 0 saturated heterocycles. The first-order chi connectivity index (χ1) is 6.57. The molecule has 0 atom stereocenters. The summed E-state index contributed by atoms with van der Waals surface area (Å²) in [5.74, 6) is -0.475. The largest absolute Gasteiger partial charge is 0.364 e. The van der Waals surface area contributed by atoms with Crippen molar-refractivity contribution in [1.82, 2.24) is 9.78 Å². The van der Waals surface area contributed by atoms with Crippen molar-refractivity contribution in [2.75, 3.05) is 0 Å². The van der Waals surface area contributed by atoms with Gasteiger partial charge in [-0.2, -0.15) is 5.10 Å². The van der Waals surface area contributed by atoms with Gasteiger partial charge in [0.1, 0.15) is 5.69 Å². The molecule has 14 heavy (non-hydrogen) atoms. The van der Waals surface area contributed by atoms with Crippen LogP contribution in [0, 0.1) is 6.92 Å². The number of hydrogen-bond acceptors (Lipinski definition) is 2. The molecule has 0 aromatic carbocycles. The van der Waals surface area contributed by atoms with Crippen molar-refractivity contribution in [2.45, 2.75) is 6.92 Å². The molecule has 0 unspecified atom stereocenters. The number of nitrogens with two attached hydrogens (primary N) is 1. The van der Waals surface area contributed by atoms with Gasteiger partial charge in [-0.15, -0.1) is 0 Å². The summed E-state index contributed by atoms with van der Waals surface area (Å²) >= 11 is 0. The molecule has 1 amide bonds. The third-order valence-corrected chi connectivity index (χ3v) is 1.90. The normalized spacial score (nSPS) is 10.7. The third kappa shape index (κ3) is 1.74. The molecule has 1 heterocycles. The van der Waals surface area contributed by atoms with Crippen LogP contribution in [0.3, 0.4) is 0 Å². The minimum atomic E-state index is -0.475.